The molecule has 1 aromatic carbocycles. The van der Waals surface area contributed by atoms with Crippen LogP contribution in [-0.2, 0) is 6.42 Å². The van der Waals surface area contributed by atoms with E-state index in [1.54, 1.807) is 0 Å². The van der Waals surface area contributed by atoms with Gasteiger partial charge in [-0.05, 0) is 66.4 Å². The van der Waals surface area contributed by atoms with Gasteiger partial charge in [-0.25, -0.2) is 0 Å². The molecule has 2 aliphatic carbocycles. The molecule has 0 amide bonds. The lowest BCUT2D eigenvalue weighted by Crippen LogP contribution is -2.55. The highest BCUT2D eigenvalue weighted by Crippen LogP contribution is 2.61. The van der Waals surface area contributed by atoms with Gasteiger partial charge in [0, 0.05) is 17.1 Å². The van der Waals surface area contributed by atoms with Crippen LogP contribution in [0, 0.1) is 22.7 Å². The van der Waals surface area contributed by atoms with E-state index in [9.17, 15) is 5.11 Å². The molecule has 134 valence electrons. The maximum Gasteiger partial charge on any atom is 0.0594 e. The summed E-state index contributed by atoms with van der Waals surface area (Å²) >= 11 is 0. The van der Waals surface area contributed by atoms with Crippen LogP contribution in [0.5, 0.6) is 0 Å². The third kappa shape index (κ3) is 2.49. The average molecular weight is 338 g/mol. The largest absolute Gasteiger partial charge is 0.393 e. The molecule has 1 aromatic heterocycles. The molecule has 2 aromatic rings. The van der Waals surface area contributed by atoms with E-state index in [1.165, 1.54) is 28.5 Å². The number of nitrogens with one attached hydrogen (secondary N) is 1. The molecule has 4 rings (SSSR count). The Hall–Kier alpha value is -1.54. The lowest BCUT2D eigenvalue weighted by Gasteiger charge is -2.59. The number of fused-ring (bicyclic) bond motifs is 2. The van der Waals surface area contributed by atoms with E-state index in [4.69, 9.17) is 0 Å². The zero-order valence-corrected chi connectivity index (χ0v) is 15.8. The molecule has 2 N–H and O–H groups in total. The summed E-state index contributed by atoms with van der Waals surface area (Å²) in [6, 6.07) is 8.59. The number of hydrogen-bond donors (Lipinski definition) is 2. The van der Waals surface area contributed by atoms with Crippen LogP contribution in [0.4, 0.5) is 0 Å². The molecular formula is C23H31NO. The van der Waals surface area contributed by atoms with Gasteiger partial charge in [0.05, 0.1) is 6.10 Å². The molecule has 25 heavy (non-hydrogen) atoms. The van der Waals surface area contributed by atoms with Gasteiger partial charge in [0.25, 0.3) is 0 Å². The number of allylic oxidation sites excluding steroid dienone is 1. The Balaban J connectivity index is 1.71. The van der Waals surface area contributed by atoms with Crippen molar-refractivity contribution in [3.05, 3.63) is 48.2 Å². The number of H-pyrrole nitrogens is 1. The lowest BCUT2D eigenvalue weighted by atomic mass is 9.46. The number of rotatable bonds is 2. The molecule has 4 atom stereocenters. The van der Waals surface area contributed by atoms with Crippen LogP contribution in [0.25, 0.3) is 10.9 Å². The van der Waals surface area contributed by atoms with E-state index in [1.807, 2.05) is 0 Å². The van der Waals surface area contributed by atoms with E-state index in [-0.39, 0.29) is 16.9 Å². The molecule has 2 heteroatoms. The Morgan fingerprint density at radius 3 is 2.76 bits per heavy atom. The molecule has 1 heterocycles. The van der Waals surface area contributed by atoms with Crippen LogP contribution in [0.3, 0.4) is 0 Å². The summed E-state index contributed by atoms with van der Waals surface area (Å²) in [6.07, 6.45) is 7.36. The van der Waals surface area contributed by atoms with Crippen LogP contribution >= 0.6 is 0 Å². The highest BCUT2D eigenvalue weighted by atomic mass is 16.3. The molecular weight excluding hydrogens is 306 g/mol. The molecule has 0 aliphatic heterocycles. The Bertz CT molecular complexity index is 801. The number of aliphatic hydroxyl groups excluding tert-OH is 1. The Morgan fingerprint density at radius 2 is 1.96 bits per heavy atom. The molecule has 2 saturated carbocycles. The summed E-state index contributed by atoms with van der Waals surface area (Å²) in [5.74, 6) is 1.06. The lowest BCUT2D eigenvalue weighted by molar-refractivity contribution is -0.123. The van der Waals surface area contributed by atoms with Crippen molar-refractivity contribution in [3.63, 3.8) is 0 Å². The Kier molecular flexibility index (Phi) is 3.88. The first-order valence-corrected chi connectivity index (χ1v) is 9.75. The van der Waals surface area contributed by atoms with Gasteiger partial charge in [-0.3, -0.25) is 0 Å². The second kappa shape index (κ2) is 5.74. The first kappa shape index (κ1) is 16.9. The van der Waals surface area contributed by atoms with Gasteiger partial charge in [0.2, 0.25) is 0 Å². The number of benzene rings is 1. The molecule has 2 nitrogen and oxygen atoms in total. The van der Waals surface area contributed by atoms with E-state index in [0.717, 1.165) is 25.7 Å². The van der Waals surface area contributed by atoms with Crippen molar-refractivity contribution < 1.29 is 5.11 Å². The van der Waals surface area contributed by atoms with Crippen molar-refractivity contribution in [1.82, 2.24) is 4.98 Å². The van der Waals surface area contributed by atoms with Crippen molar-refractivity contribution in [2.24, 2.45) is 22.7 Å². The molecule has 2 aliphatic rings. The molecule has 0 spiro atoms. The van der Waals surface area contributed by atoms with Crippen molar-refractivity contribution in [3.8, 4) is 0 Å². The van der Waals surface area contributed by atoms with Gasteiger partial charge in [0.1, 0.15) is 0 Å². The molecule has 0 bridgehead atoms. The van der Waals surface area contributed by atoms with Crippen molar-refractivity contribution in [2.45, 2.75) is 59.0 Å². The van der Waals surface area contributed by atoms with Gasteiger partial charge in [-0.15, -0.1) is 0 Å². The molecule has 0 unspecified atom stereocenters. The standard InChI is InChI=1S/C23H31NO/c1-15-9-10-20-22(2,3)21(25)11-12-23(20,4)18(15)13-16-14-24-19-8-6-5-7-17(16)19/h5-8,14,18,20-21,24-25H,1,9-13H2,2-4H3/t18-,20-,21-,23+/m0/s1. The van der Waals surface area contributed by atoms with Crippen LogP contribution in [0.15, 0.2) is 42.6 Å². The normalized spacial score (nSPS) is 34.9. The summed E-state index contributed by atoms with van der Waals surface area (Å²) in [5.41, 5.74) is 4.27. The van der Waals surface area contributed by atoms with E-state index >= 15 is 0 Å². The average Bonchev–Trinajstić information content (AvgIpc) is 2.98. The number of aromatic amines is 1. The first-order chi connectivity index (χ1) is 11.8. The summed E-state index contributed by atoms with van der Waals surface area (Å²) in [6.45, 7) is 11.5. The number of hydrogen-bond acceptors (Lipinski definition) is 1. The smallest absolute Gasteiger partial charge is 0.0594 e. The topological polar surface area (TPSA) is 36.0 Å². The van der Waals surface area contributed by atoms with Gasteiger partial charge < -0.3 is 10.1 Å². The molecule has 2 fully saturated rings. The van der Waals surface area contributed by atoms with E-state index in [0.29, 0.717) is 11.8 Å². The fraction of sp³-hybridized carbons (Fsp3) is 0.565. The number of aliphatic hydroxyl groups is 1. The maximum absolute atomic E-state index is 10.6. The van der Waals surface area contributed by atoms with Gasteiger partial charge in [0.15, 0.2) is 0 Å². The summed E-state index contributed by atoms with van der Waals surface area (Å²) in [5, 5.41) is 12.0. The first-order valence-electron chi connectivity index (χ1n) is 9.75. The van der Waals surface area contributed by atoms with Gasteiger partial charge in [-0.1, -0.05) is 51.1 Å². The zero-order chi connectivity index (χ0) is 17.8. The minimum absolute atomic E-state index is 0.00777. The Labute approximate surface area is 151 Å². The highest BCUT2D eigenvalue weighted by molar-refractivity contribution is 5.83. The third-order valence-electron chi connectivity index (χ3n) is 7.65. The number of para-hydroxylation sites is 1. The SMILES string of the molecule is C=C1CC[C@H]2C(C)(C)[C@@H](O)CC[C@]2(C)[C@H]1Cc1c[nH]c2ccccc12. The fourth-order valence-corrected chi connectivity index (χ4v) is 6.06. The quantitative estimate of drug-likeness (QED) is 0.699. The van der Waals surface area contributed by atoms with E-state index in [2.05, 4.69) is 62.8 Å². The minimum atomic E-state index is -0.175. The maximum atomic E-state index is 10.6. The summed E-state index contributed by atoms with van der Waals surface area (Å²) in [7, 11) is 0. The second-order valence-electron chi connectivity index (χ2n) is 9.25. The summed E-state index contributed by atoms with van der Waals surface area (Å²) in [4.78, 5) is 3.43. The van der Waals surface area contributed by atoms with Crippen LogP contribution in [0.1, 0.15) is 52.0 Å². The monoisotopic (exact) mass is 337 g/mol. The second-order valence-corrected chi connectivity index (χ2v) is 9.25. The van der Waals surface area contributed by atoms with Gasteiger partial charge >= 0.3 is 0 Å². The van der Waals surface area contributed by atoms with Crippen LogP contribution < -0.4 is 0 Å². The predicted molar refractivity (Wildman–Crippen MR) is 104 cm³/mol. The highest BCUT2D eigenvalue weighted by Gasteiger charge is 2.55. The van der Waals surface area contributed by atoms with Gasteiger partial charge in [-0.2, -0.15) is 0 Å². The van der Waals surface area contributed by atoms with E-state index < -0.39 is 0 Å². The van der Waals surface area contributed by atoms with Crippen LogP contribution in [-0.4, -0.2) is 16.2 Å². The zero-order valence-electron chi connectivity index (χ0n) is 15.8. The molecule has 0 saturated heterocycles. The predicted octanol–water partition coefficient (Wildman–Crippen LogP) is 5.48. The van der Waals surface area contributed by atoms with Crippen molar-refractivity contribution in [2.75, 3.05) is 0 Å². The summed E-state index contributed by atoms with van der Waals surface area (Å²) < 4.78 is 0. The molecule has 0 radical (unpaired) electrons. The third-order valence-corrected chi connectivity index (χ3v) is 7.65. The van der Waals surface area contributed by atoms with Crippen LogP contribution in [0.2, 0.25) is 0 Å². The minimum Gasteiger partial charge on any atom is -0.393 e. The number of aromatic nitrogens is 1. The fourth-order valence-electron chi connectivity index (χ4n) is 6.06. The Morgan fingerprint density at radius 1 is 1.20 bits per heavy atom. The van der Waals surface area contributed by atoms with Crippen molar-refractivity contribution in [1.29, 1.82) is 0 Å². The van der Waals surface area contributed by atoms with Crippen molar-refractivity contribution >= 4 is 10.9 Å².